The molecule has 45 heavy (non-hydrogen) atoms. The van der Waals surface area contributed by atoms with E-state index < -0.39 is 11.8 Å². The van der Waals surface area contributed by atoms with Gasteiger partial charge in [-0.25, -0.2) is 14.2 Å². The van der Waals surface area contributed by atoms with Gasteiger partial charge >= 0.3 is 5.97 Å². The zero-order chi connectivity index (χ0) is 31.2. The number of carbonyl (C=O) groups excluding carboxylic acids is 1. The summed E-state index contributed by atoms with van der Waals surface area (Å²) < 4.78 is 22.6. The number of ether oxygens (including phenoxy) is 1. The van der Waals surface area contributed by atoms with Crippen LogP contribution in [0.3, 0.4) is 0 Å². The molecule has 7 rings (SSSR count). The number of carboxylic acids is 1. The second-order valence-electron chi connectivity index (χ2n) is 12.3. The van der Waals surface area contributed by atoms with Crippen molar-refractivity contribution in [2.24, 2.45) is 0 Å². The average molecular weight is 626 g/mol. The van der Waals surface area contributed by atoms with Gasteiger partial charge in [0.25, 0.3) is 0 Å². The normalized spacial score (nSPS) is 17.4. The van der Waals surface area contributed by atoms with E-state index >= 15 is 0 Å². The van der Waals surface area contributed by atoms with Crippen LogP contribution in [0.4, 0.5) is 4.39 Å². The number of aromatic nitrogens is 2. The molecule has 1 N–H and O–H groups in total. The topological polar surface area (TPSA) is 84.7 Å². The summed E-state index contributed by atoms with van der Waals surface area (Å²) >= 11 is 1.32. The number of benzene rings is 2. The first kappa shape index (κ1) is 29.5. The molecule has 0 radical (unpaired) electrons. The standard InChI is InChI=1S/C36H36FN3O4S/c1-21-7-6-16-39(21)32(41)20-40-29-19-31(36(42)43)45-35(29)33(22-8-4-3-5-9-22)34(40)25-11-14-27-23(17-25)10-13-28(38-27)24-12-15-30(44-2)26(37)18-24/h10-15,17-19,21-22H,3-9,16,20H2,1-2H3,(H,42,43). The van der Waals surface area contributed by atoms with Crippen LogP contribution in [-0.4, -0.2) is 51.1 Å². The number of carboxylic acid groups (broad SMARTS) is 1. The highest BCUT2D eigenvalue weighted by molar-refractivity contribution is 7.21. The minimum absolute atomic E-state index is 0.0650. The Bertz CT molecular complexity index is 1940. The van der Waals surface area contributed by atoms with Crippen LogP contribution in [-0.2, 0) is 11.3 Å². The van der Waals surface area contributed by atoms with Crippen LogP contribution >= 0.6 is 11.3 Å². The van der Waals surface area contributed by atoms with Crippen molar-refractivity contribution >= 4 is 44.3 Å². The number of hydrogen-bond acceptors (Lipinski definition) is 5. The molecule has 7 nitrogen and oxygen atoms in total. The van der Waals surface area contributed by atoms with Crippen LogP contribution in [0.2, 0.25) is 0 Å². The van der Waals surface area contributed by atoms with Gasteiger partial charge in [0, 0.05) is 23.5 Å². The Hall–Kier alpha value is -4.24. The van der Waals surface area contributed by atoms with E-state index in [9.17, 15) is 19.1 Å². The van der Waals surface area contributed by atoms with E-state index in [0.717, 1.165) is 77.4 Å². The third-order valence-electron chi connectivity index (χ3n) is 9.57. The molecule has 0 spiro atoms. The number of likely N-dealkylation sites (tertiary alicyclic amines) is 1. The molecule has 2 aliphatic rings. The quantitative estimate of drug-likeness (QED) is 0.196. The predicted molar refractivity (Wildman–Crippen MR) is 176 cm³/mol. The van der Waals surface area contributed by atoms with E-state index in [0.29, 0.717) is 22.1 Å². The van der Waals surface area contributed by atoms with Crippen molar-refractivity contribution in [3.8, 4) is 28.3 Å². The summed E-state index contributed by atoms with van der Waals surface area (Å²) in [6.07, 6.45) is 7.55. The Labute approximate surface area is 265 Å². The number of aromatic carboxylic acids is 1. The van der Waals surface area contributed by atoms with E-state index in [1.54, 1.807) is 18.2 Å². The number of pyridine rings is 1. The highest BCUT2D eigenvalue weighted by Crippen LogP contribution is 2.47. The monoisotopic (exact) mass is 625 g/mol. The van der Waals surface area contributed by atoms with Crippen molar-refractivity contribution in [3.05, 3.63) is 70.9 Å². The summed E-state index contributed by atoms with van der Waals surface area (Å²) in [5.74, 6) is -0.834. The Morgan fingerprint density at radius 3 is 2.51 bits per heavy atom. The van der Waals surface area contributed by atoms with Gasteiger partial charge in [0.1, 0.15) is 11.4 Å². The molecule has 1 saturated heterocycles. The maximum absolute atomic E-state index is 14.4. The molecule has 5 aromatic rings. The Balaban J connectivity index is 1.37. The molecule has 1 aliphatic heterocycles. The number of carbonyl (C=O) groups is 2. The van der Waals surface area contributed by atoms with Crippen LogP contribution in [0.1, 0.15) is 73.0 Å². The molecule has 232 valence electrons. The summed E-state index contributed by atoms with van der Waals surface area (Å²) in [7, 11) is 1.44. The molecule has 1 amide bonds. The van der Waals surface area contributed by atoms with Crippen molar-refractivity contribution in [2.75, 3.05) is 13.7 Å². The van der Waals surface area contributed by atoms with Gasteiger partial charge in [-0.1, -0.05) is 31.4 Å². The van der Waals surface area contributed by atoms with Gasteiger partial charge in [0.2, 0.25) is 5.91 Å². The molecule has 1 unspecified atom stereocenters. The SMILES string of the molecule is COc1ccc(-c2ccc3cc(-c4c(C5CCCCC5)c5sc(C(=O)O)cc5n4CC(=O)N4CCCC4C)ccc3n2)cc1F. The van der Waals surface area contributed by atoms with Gasteiger partial charge in [-0.2, -0.15) is 0 Å². The molecule has 9 heteroatoms. The summed E-state index contributed by atoms with van der Waals surface area (Å²) in [6.45, 7) is 3.01. The van der Waals surface area contributed by atoms with E-state index in [1.807, 2.05) is 23.1 Å². The minimum atomic E-state index is -0.942. The van der Waals surface area contributed by atoms with Crippen molar-refractivity contribution in [2.45, 2.75) is 70.4 Å². The summed E-state index contributed by atoms with van der Waals surface area (Å²) in [4.78, 5) is 33.0. The van der Waals surface area contributed by atoms with Crippen LogP contribution in [0, 0.1) is 5.82 Å². The maximum atomic E-state index is 14.4. The molecular formula is C36H36FN3O4S. The Morgan fingerprint density at radius 1 is 1.00 bits per heavy atom. The summed E-state index contributed by atoms with van der Waals surface area (Å²) in [6, 6.07) is 16.8. The zero-order valence-corrected chi connectivity index (χ0v) is 26.3. The van der Waals surface area contributed by atoms with Crippen molar-refractivity contribution in [1.29, 1.82) is 0 Å². The molecular weight excluding hydrogens is 589 g/mol. The smallest absolute Gasteiger partial charge is 0.345 e. The number of fused-ring (bicyclic) bond motifs is 2. The summed E-state index contributed by atoms with van der Waals surface area (Å²) in [5.41, 5.74) is 6.08. The second-order valence-corrected chi connectivity index (χ2v) is 13.4. The highest BCUT2D eigenvalue weighted by Gasteiger charge is 2.32. The van der Waals surface area contributed by atoms with Crippen LogP contribution in [0.25, 0.3) is 43.6 Å². The predicted octanol–water partition coefficient (Wildman–Crippen LogP) is 8.49. The van der Waals surface area contributed by atoms with E-state index in [2.05, 4.69) is 23.6 Å². The van der Waals surface area contributed by atoms with Gasteiger partial charge in [-0.15, -0.1) is 11.3 Å². The fourth-order valence-electron chi connectivity index (χ4n) is 7.29. The molecule has 1 aliphatic carbocycles. The molecule has 2 fully saturated rings. The van der Waals surface area contributed by atoms with Gasteiger partial charge in [0.15, 0.2) is 11.6 Å². The first-order valence-electron chi connectivity index (χ1n) is 15.8. The first-order chi connectivity index (χ1) is 21.8. The van der Waals surface area contributed by atoms with E-state index in [-0.39, 0.29) is 24.2 Å². The van der Waals surface area contributed by atoms with E-state index in [4.69, 9.17) is 9.72 Å². The molecule has 3 aromatic heterocycles. The minimum Gasteiger partial charge on any atom is -0.494 e. The lowest BCUT2D eigenvalue weighted by atomic mass is 9.83. The third kappa shape index (κ3) is 5.37. The van der Waals surface area contributed by atoms with Crippen molar-refractivity contribution in [3.63, 3.8) is 0 Å². The number of amides is 1. The van der Waals surface area contributed by atoms with Crippen molar-refractivity contribution < 1.29 is 23.8 Å². The number of hydrogen-bond donors (Lipinski definition) is 1. The highest BCUT2D eigenvalue weighted by atomic mass is 32.1. The number of rotatable bonds is 7. The number of nitrogens with zero attached hydrogens (tertiary/aromatic N) is 3. The lowest BCUT2D eigenvalue weighted by Crippen LogP contribution is -2.36. The van der Waals surface area contributed by atoms with Gasteiger partial charge < -0.3 is 19.3 Å². The molecule has 4 heterocycles. The number of thiophene rings is 1. The fraction of sp³-hybridized carbons (Fsp3) is 0.361. The average Bonchev–Trinajstić information content (AvgIpc) is 3.75. The lowest BCUT2D eigenvalue weighted by Gasteiger charge is -2.25. The van der Waals surface area contributed by atoms with Crippen LogP contribution in [0.5, 0.6) is 5.75 Å². The van der Waals surface area contributed by atoms with Crippen molar-refractivity contribution in [1.82, 2.24) is 14.5 Å². The van der Waals surface area contributed by atoms with Crippen LogP contribution < -0.4 is 4.74 Å². The molecule has 1 saturated carbocycles. The molecule has 0 bridgehead atoms. The molecule has 2 aromatic carbocycles. The van der Waals surface area contributed by atoms with E-state index in [1.165, 1.54) is 36.5 Å². The fourth-order valence-corrected chi connectivity index (χ4v) is 8.41. The zero-order valence-electron chi connectivity index (χ0n) is 25.5. The Kier molecular flexibility index (Phi) is 7.81. The molecule has 1 atom stereocenters. The Morgan fingerprint density at radius 2 is 1.80 bits per heavy atom. The number of methoxy groups -OCH3 is 1. The second kappa shape index (κ2) is 11.9. The lowest BCUT2D eigenvalue weighted by molar-refractivity contribution is -0.132. The largest absolute Gasteiger partial charge is 0.494 e. The van der Waals surface area contributed by atoms with Crippen LogP contribution in [0.15, 0.2) is 54.6 Å². The number of halogens is 1. The van der Waals surface area contributed by atoms with Gasteiger partial charge in [-0.3, -0.25) is 4.79 Å². The van der Waals surface area contributed by atoms with Gasteiger partial charge in [0.05, 0.1) is 34.2 Å². The maximum Gasteiger partial charge on any atom is 0.345 e. The van der Waals surface area contributed by atoms with Gasteiger partial charge in [-0.05, 0) is 92.1 Å². The third-order valence-corrected chi connectivity index (χ3v) is 10.7. The first-order valence-corrected chi connectivity index (χ1v) is 16.6. The summed E-state index contributed by atoms with van der Waals surface area (Å²) in [5, 5.41) is 10.9.